The van der Waals surface area contributed by atoms with Gasteiger partial charge < -0.3 is 9.32 Å². The number of aryl methyl sites for hydroxylation is 1. The van der Waals surface area contributed by atoms with E-state index in [-0.39, 0.29) is 17.0 Å². The Morgan fingerprint density at radius 2 is 1.96 bits per heavy atom. The highest BCUT2D eigenvalue weighted by Crippen LogP contribution is 2.27. The molecule has 0 aliphatic rings. The molecule has 0 atom stereocenters. The number of hydrogen-bond acceptors (Lipinski definition) is 3. The van der Waals surface area contributed by atoms with Crippen molar-refractivity contribution in [3.05, 3.63) is 76.3 Å². The van der Waals surface area contributed by atoms with Gasteiger partial charge in [0.05, 0.1) is 0 Å². The Balaban J connectivity index is 1.95. The molecule has 0 unspecified atom stereocenters. The van der Waals surface area contributed by atoms with Gasteiger partial charge in [0.15, 0.2) is 0 Å². The second kappa shape index (κ2) is 6.88. The van der Waals surface area contributed by atoms with Crippen LogP contribution in [-0.4, -0.2) is 22.4 Å². The van der Waals surface area contributed by atoms with Crippen LogP contribution in [0.1, 0.15) is 27.2 Å². The fourth-order valence-electron chi connectivity index (χ4n) is 2.69. The molecule has 1 aromatic carbocycles. The van der Waals surface area contributed by atoms with Crippen molar-refractivity contribution in [1.29, 1.82) is 5.26 Å². The molecule has 1 amide bonds. The summed E-state index contributed by atoms with van der Waals surface area (Å²) in [6.07, 6.45) is 3.53. The minimum absolute atomic E-state index is 0.227. The zero-order chi connectivity index (χ0) is 18.0. The van der Waals surface area contributed by atoms with E-state index in [0.29, 0.717) is 23.2 Å². The molecule has 2 aromatic heterocycles. The number of hydrogen-bond donors (Lipinski definition) is 0. The van der Waals surface area contributed by atoms with Crippen molar-refractivity contribution in [2.24, 2.45) is 0 Å². The zero-order valence-electron chi connectivity index (χ0n) is 13.9. The van der Waals surface area contributed by atoms with Gasteiger partial charge in [0.1, 0.15) is 23.0 Å². The lowest BCUT2D eigenvalue weighted by Gasteiger charge is -2.17. The Hall–Kier alpha value is -2.97. The van der Waals surface area contributed by atoms with Crippen molar-refractivity contribution in [1.82, 2.24) is 9.47 Å². The van der Waals surface area contributed by atoms with E-state index in [1.165, 1.54) is 4.90 Å². The Bertz CT molecular complexity index is 952. The number of carbonyl (C=O) groups is 1. The highest BCUT2D eigenvalue weighted by molar-refractivity contribution is 6.31. The Labute approximate surface area is 150 Å². The largest absolute Gasteiger partial charge is 0.443 e. The summed E-state index contributed by atoms with van der Waals surface area (Å²) >= 11 is 6.17. The molecular weight excluding hydrogens is 338 g/mol. The van der Waals surface area contributed by atoms with E-state index in [1.54, 1.807) is 37.0 Å². The van der Waals surface area contributed by atoms with Crippen LogP contribution in [0.4, 0.5) is 0 Å². The summed E-state index contributed by atoms with van der Waals surface area (Å²) in [6.45, 7) is 2.03. The van der Waals surface area contributed by atoms with Crippen LogP contribution in [-0.2, 0) is 6.54 Å². The molecular formula is C19H16ClN3O2. The lowest BCUT2D eigenvalue weighted by atomic mass is 10.1. The normalized spacial score (nSPS) is 10.5. The number of halogens is 1. The molecule has 2 heterocycles. The van der Waals surface area contributed by atoms with E-state index in [9.17, 15) is 10.1 Å². The molecule has 0 fully saturated rings. The number of amides is 1. The van der Waals surface area contributed by atoms with Gasteiger partial charge in [0.25, 0.3) is 5.91 Å². The molecule has 126 valence electrons. The average Bonchev–Trinajstić information content (AvgIpc) is 3.23. The van der Waals surface area contributed by atoms with E-state index < -0.39 is 0 Å². The molecule has 0 bridgehead atoms. The summed E-state index contributed by atoms with van der Waals surface area (Å²) in [5, 5.41) is 10.2. The van der Waals surface area contributed by atoms with Gasteiger partial charge >= 0.3 is 0 Å². The molecule has 0 radical (unpaired) electrons. The smallest absolute Gasteiger partial charge is 0.258 e. The number of aromatic nitrogens is 1. The molecule has 0 aliphatic heterocycles. The molecule has 0 saturated carbocycles. The van der Waals surface area contributed by atoms with E-state index in [4.69, 9.17) is 16.0 Å². The van der Waals surface area contributed by atoms with E-state index in [2.05, 4.69) is 6.07 Å². The molecule has 3 aromatic rings. The first kappa shape index (κ1) is 16.9. The van der Waals surface area contributed by atoms with Crippen LogP contribution in [0.3, 0.4) is 0 Å². The highest BCUT2D eigenvalue weighted by atomic mass is 35.5. The molecule has 25 heavy (non-hydrogen) atoms. The first-order valence-electron chi connectivity index (χ1n) is 7.68. The highest BCUT2D eigenvalue weighted by Gasteiger charge is 2.26. The molecule has 0 saturated heterocycles. The van der Waals surface area contributed by atoms with Crippen LogP contribution in [0.2, 0.25) is 5.02 Å². The molecule has 0 spiro atoms. The van der Waals surface area contributed by atoms with E-state index in [1.807, 2.05) is 30.3 Å². The van der Waals surface area contributed by atoms with Crippen LogP contribution >= 0.6 is 11.6 Å². The van der Waals surface area contributed by atoms with Crippen molar-refractivity contribution >= 4 is 17.5 Å². The summed E-state index contributed by atoms with van der Waals surface area (Å²) in [4.78, 5) is 14.4. The predicted molar refractivity (Wildman–Crippen MR) is 94.7 cm³/mol. The number of benzene rings is 1. The van der Waals surface area contributed by atoms with Crippen LogP contribution in [0.25, 0.3) is 5.88 Å². The number of nitriles is 1. The fraction of sp³-hybridized carbons (Fsp3) is 0.158. The third kappa shape index (κ3) is 3.17. The zero-order valence-corrected chi connectivity index (χ0v) is 14.6. The van der Waals surface area contributed by atoms with Crippen molar-refractivity contribution in [2.75, 3.05) is 7.05 Å². The summed E-state index contributed by atoms with van der Waals surface area (Å²) in [5.74, 6) is 0.479. The third-order valence-electron chi connectivity index (χ3n) is 3.94. The van der Waals surface area contributed by atoms with Crippen LogP contribution in [0, 0.1) is 18.3 Å². The van der Waals surface area contributed by atoms with Crippen LogP contribution < -0.4 is 0 Å². The van der Waals surface area contributed by atoms with Gasteiger partial charge in [0, 0.05) is 31.0 Å². The lowest BCUT2D eigenvalue weighted by Crippen LogP contribution is -2.27. The van der Waals surface area contributed by atoms with Crippen molar-refractivity contribution in [3.8, 4) is 12.0 Å². The second-order valence-corrected chi connectivity index (χ2v) is 6.08. The number of carbonyl (C=O) groups excluding carboxylic acids is 1. The van der Waals surface area contributed by atoms with Gasteiger partial charge in [-0.05, 0) is 30.7 Å². The topological polar surface area (TPSA) is 62.2 Å². The molecule has 3 rings (SSSR count). The number of nitrogens with zero attached hydrogens (tertiary/aromatic N) is 3. The predicted octanol–water partition coefficient (Wildman–Crippen LogP) is 4.18. The van der Waals surface area contributed by atoms with E-state index >= 15 is 0 Å². The first-order chi connectivity index (χ1) is 12.0. The Morgan fingerprint density at radius 3 is 2.60 bits per heavy atom. The average molecular weight is 354 g/mol. The van der Waals surface area contributed by atoms with Crippen molar-refractivity contribution < 1.29 is 9.21 Å². The van der Waals surface area contributed by atoms with Gasteiger partial charge in [-0.3, -0.25) is 9.36 Å². The Morgan fingerprint density at radius 1 is 1.28 bits per heavy atom. The van der Waals surface area contributed by atoms with Gasteiger partial charge in [-0.15, -0.1) is 0 Å². The third-order valence-corrected chi connectivity index (χ3v) is 4.31. The van der Waals surface area contributed by atoms with Gasteiger partial charge in [-0.2, -0.15) is 5.26 Å². The van der Waals surface area contributed by atoms with Gasteiger partial charge in [-0.25, -0.2) is 0 Å². The fourth-order valence-corrected chi connectivity index (χ4v) is 2.88. The van der Waals surface area contributed by atoms with Crippen molar-refractivity contribution in [3.63, 3.8) is 0 Å². The summed E-state index contributed by atoms with van der Waals surface area (Å²) in [7, 11) is 1.68. The van der Waals surface area contributed by atoms with Crippen LogP contribution in [0.15, 0.2) is 53.2 Å². The Kier molecular flexibility index (Phi) is 4.64. The lowest BCUT2D eigenvalue weighted by molar-refractivity contribution is 0.0783. The molecule has 0 N–H and O–H groups in total. The maximum Gasteiger partial charge on any atom is 0.258 e. The quantitative estimate of drug-likeness (QED) is 0.707. The van der Waals surface area contributed by atoms with Gasteiger partial charge in [-0.1, -0.05) is 29.8 Å². The number of rotatable bonds is 4. The standard InChI is InChI=1S/C19H16ClN3O2/c1-13-17(15(11-21)19(25-13)23-9-5-6-10-23)18(24)22(2)12-14-7-3-4-8-16(14)20/h3-10H,12H2,1-2H3. The molecule has 0 aliphatic carbocycles. The maximum absolute atomic E-state index is 12.9. The minimum Gasteiger partial charge on any atom is -0.443 e. The first-order valence-corrected chi connectivity index (χ1v) is 8.06. The van der Waals surface area contributed by atoms with Crippen molar-refractivity contribution in [2.45, 2.75) is 13.5 Å². The number of furan rings is 1. The SMILES string of the molecule is Cc1oc(-n2cccc2)c(C#N)c1C(=O)N(C)Cc1ccccc1Cl. The minimum atomic E-state index is -0.281. The second-order valence-electron chi connectivity index (χ2n) is 5.67. The van der Waals surface area contributed by atoms with Crippen LogP contribution in [0.5, 0.6) is 0 Å². The van der Waals surface area contributed by atoms with E-state index in [0.717, 1.165) is 5.56 Å². The summed E-state index contributed by atoms with van der Waals surface area (Å²) in [5.41, 5.74) is 1.34. The monoisotopic (exact) mass is 353 g/mol. The molecule has 5 nitrogen and oxygen atoms in total. The maximum atomic E-state index is 12.9. The summed E-state index contributed by atoms with van der Waals surface area (Å²) < 4.78 is 7.37. The summed E-state index contributed by atoms with van der Waals surface area (Å²) in [6, 6.07) is 13.1. The molecule has 6 heteroatoms. The van der Waals surface area contributed by atoms with Gasteiger partial charge in [0.2, 0.25) is 5.88 Å².